The highest BCUT2D eigenvalue weighted by atomic mass is 35.5. The van der Waals surface area contributed by atoms with Crippen LogP contribution in [0, 0.1) is 0 Å². The summed E-state index contributed by atoms with van der Waals surface area (Å²) in [6, 6.07) is 5.01. The van der Waals surface area contributed by atoms with Gasteiger partial charge in [-0.25, -0.2) is 9.78 Å². The number of benzene rings is 1. The molecular formula is C16H16Cl2N2O5. The second-order valence-corrected chi connectivity index (χ2v) is 5.95. The minimum Gasteiger partial charge on any atom is -0.479 e. The molecule has 7 nitrogen and oxygen atoms in total. The predicted octanol–water partition coefficient (Wildman–Crippen LogP) is 2.80. The Morgan fingerprint density at radius 1 is 1.40 bits per heavy atom. The van der Waals surface area contributed by atoms with E-state index in [1.165, 1.54) is 13.3 Å². The quantitative estimate of drug-likeness (QED) is 0.722. The number of ether oxygens (including phenoxy) is 1. The number of aliphatic carboxylic acids is 1. The molecule has 134 valence electrons. The van der Waals surface area contributed by atoms with Crippen molar-refractivity contribution >= 4 is 35.1 Å². The van der Waals surface area contributed by atoms with E-state index in [0.29, 0.717) is 27.3 Å². The van der Waals surface area contributed by atoms with Crippen molar-refractivity contribution in [3.8, 4) is 11.3 Å². The van der Waals surface area contributed by atoms with E-state index in [4.69, 9.17) is 37.5 Å². The van der Waals surface area contributed by atoms with Crippen molar-refractivity contribution in [2.24, 2.45) is 0 Å². The monoisotopic (exact) mass is 386 g/mol. The maximum atomic E-state index is 11.8. The van der Waals surface area contributed by atoms with Gasteiger partial charge in [0.25, 0.3) is 0 Å². The maximum Gasteiger partial charge on any atom is 0.334 e. The van der Waals surface area contributed by atoms with Crippen LogP contribution in [0.4, 0.5) is 0 Å². The standard InChI is InChI=1S/C16H16Cl2N2O5/c1-24-13(16(22)23)8-19-14(21)4-5-15-20-7-12(25-15)10-3-2-9(17)6-11(10)18/h2-3,6-7,13H,4-5,8H2,1H3,(H,19,21)(H,22,23). The van der Waals surface area contributed by atoms with Crippen molar-refractivity contribution in [3.63, 3.8) is 0 Å². The minimum absolute atomic E-state index is 0.102. The topological polar surface area (TPSA) is 102 Å². The van der Waals surface area contributed by atoms with Crippen molar-refractivity contribution < 1.29 is 23.8 Å². The number of aromatic nitrogens is 1. The van der Waals surface area contributed by atoms with E-state index in [1.807, 2.05) is 0 Å². The smallest absolute Gasteiger partial charge is 0.334 e. The van der Waals surface area contributed by atoms with Crippen LogP contribution in [0.5, 0.6) is 0 Å². The first-order valence-corrected chi connectivity index (χ1v) is 8.08. The van der Waals surface area contributed by atoms with Crippen LogP contribution >= 0.6 is 23.2 Å². The molecule has 0 fully saturated rings. The lowest BCUT2D eigenvalue weighted by atomic mass is 10.2. The molecule has 0 aliphatic heterocycles. The molecule has 2 N–H and O–H groups in total. The summed E-state index contributed by atoms with van der Waals surface area (Å²) in [7, 11) is 1.27. The summed E-state index contributed by atoms with van der Waals surface area (Å²) >= 11 is 12.0. The fourth-order valence-electron chi connectivity index (χ4n) is 2.03. The average molecular weight is 387 g/mol. The number of oxazole rings is 1. The number of hydrogen-bond donors (Lipinski definition) is 2. The molecule has 1 aromatic heterocycles. The van der Waals surface area contributed by atoms with Crippen LogP contribution in [0.15, 0.2) is 28.8 Å². The van der Waals surface area contributed by atoms with Gasteiger partial charge in [0.05, 0.1) is 17.8 Å². The van der Waals surface area contributed by atoms with E-state index in [1.54, 1.807) is 18.2 Å². The van der Waals surface area contributed by atoms with Crippen molar-refractivity contribution in [1.29, 1.82) is 0 Å². The number of carbonyl (C=O) groups excluding carboxylic acids is 1. The molecule has 1 unspecified atom stereocenters. The predicted molar refractivity (Wildman–Crippen MR) is 91.7 cm³/mol. The molecule has 0 spiro atoms. The molecule has 1 heterocycles. The van der Waals surface area contributed by atoms with Gasteiger partial charge in [-0.05, 0) is 18.2 Å². The molecule has 1 atom stereocenters. The summed E-state index contributed by atoms with van der Waals surface area (Å²) < 4.78 is 10.3. The van der Waals surface area contributed by atoms with Crippen LogP contribution in [0.3, 0.4) is 0 Å². The SMILES string of the molecule is COC(CNC(=O)CCc1ncc(-c2ccc(Cl)cc2Cl)o1)C(=O)O. The molecular weight excluding hydrogens is 371 g/mol. The third-order valence-corrected chi connectivity index (χ3v) is 3.91. The van der Waals surface area contributed by atoms with Gasteiger partial charge >= 0.3 is 5.97 Å². The van der Waals surface area contributed by atoms with Crippen molar-refractivity contribution in [3.05, 3.63) is 40.3 Å². The number of aryl methyl sites for hydroxylation is 1. The Hall–Kier alpha value is -2.09. The number of halogens is 2. The van der Waals surface area contributed by atoms with E-state index < -0.39 is 12.1 Å². The van der Waals surface area contributed by atoms with E-state index in [0.717, 1.165) is 0 Å². The van der Waals surface area contributed by atoms with Crippen molar-refractivity contribution in [1.82, 2.24) is 10.3 Å². The van der Waals surface area contributed by atoms with Gasteiger partial charge in [-0.2, -0.15) is 0 Å². The number of hydrogen-bond acceptors (Lipinski definition) is 5. The fourth-order valence-corrected chi connectivity index (χ4v) is 2.53. The summed E-state index contributed by atoms with van der Waals surface area (Å²) in [5, 5.41) is 12.3. The molecule has 9 heteroatoms. The highest BCUT2D eigenvalue weighted by molar-refractivity contribution is 6.36. The number of carboxylic acids is 1. The molecule has 0 saturated heterocycles. The van der Waals surface area contributed by atoms with Crippen LogP contribution in [0.25, 0.3) is 11.3 Å². The number of amides is 1. The first-order chi connectivity index (χ1) is 11.9. The third-order valence-electron chi connectivity index (χ3n) is 3.36. The summed E-state index contributed by atoms with van der Waals surface area (Å²) in [4.78, 5) is 26.7. The molecule has 1 amide bonds. The van der Waals surface area contributed by atoms with Gasteiger partial charge in [-0.15, -0.1) is 0 Å². The van der Waals surface area contributed by atoms with Gasteiger partial charge in [0.2, 0.25) is 5.91 Å². The highest BCUT2D eigenvalue weighted by Gasteiger charge is 2.17. The number of nitrogens with zero attached hydrogens (tertiary/aromatic N) is 1. The summed E-state index contributed by atoms with van der Waals surface area (Å²) in [6.45, 7) is -0.109. The minimum atomic E-state index is -1.14. The number of methoxy groups -OCH3 is 1. The lowest BCUT2D eigenvalue weighted by molar-refractivity contribution is -0.148. The second kappa shape index (κ2) is 8.84. The number of carbonyl (C=O) groups is 2. The molecule has 0 saturated carbocycles. The zero-order valence-electron chi connectivity index (χ0n) is 13.3. The first kappa shape index (κ1) is 19.2. The van der Waals surface area contributed by atoms with E-state index in [-0.39, 0.29) is 25.3 Å². The fraction of sp³-hybridized carbons (Fsp3) is 0.312. The van der Waals surface area contributed by atoms with Gasteiger partial charge in [-0.3, -0.25) is 4.79 Å². The van der Waals surface area contributed by atoms with Crippen LogP contribution in [0.1, 0.15) is 12.3 Å². The number of carboxylic acid groups (broad SMARTS) is 1. The largest absolute Gasteiger partial charge is 0.479 e. The lowest BCUT2D eigenvalue weighted by Crippen LogP contribution is -2.37. The molecule has 1 aromatic carbocycles. The maximum absolute atomic E-state index is 11.8. The molecule has 2 aromatic rings. The Morgan fingerprint density at radius 3 is 2.80 bits per heavy atom. The highest BCUT2D eigenvalue weighted by Crippen LogP contribution is 2.30. The van der Waals surface area contributed by atoms with Crippen molar-refractivity contribution in [2.75, 3.05) is 13.7 Å². The Morgan fingerprint density at radius 2 is 2.16 bits per heavy atom. The molecule has 0 aliphatic rings. The number of nitrogens with one attached hydrogen (secondary N) is 1. The second-order valence-electron chi connectivity index (χ2n) is 5.11. The van der Waals surface area contributed by atoms with Gasteiger partial charge in [0.1, 0.15) is 0 Å². The Labute approximate surface area is 153 Å². The number of rotatable bonds is 8. The van der Waals surface area contributed by atoms with E-state index >= 15 is 0 Å². The van der Waals surface area contributed by atoms with Crippen LogP contribution in [-0.2, 0) is 20.7 Å². The van der Waals surface area contributed by atoms with E-state index in [2.05, 4.69) is 10.3 Å². The van der Waals surface area contributed by atoms with Gasteiger partial charge in [0, 0.05) is 30.5 Å². The van der Waals surface area contributed by atoms with Crippen molar-refractivity contribution in [2.45, 2.75) is 18.9 Å². The molecule has 0 bridgehead atoms. The third kappa shape index (κ3) is 5.45. The van der Waals surface area contributed by atoms with E-state index in [9.17, 15) is 9.59 Å². The average Bonchev–Trinajstić information content (AvgIpc) is 3.02. The lowest BCUT2D eigenvalue weighted by Gasteiger charge is -2.11. The molecule has 2 rings (SSSR count). The Balaban J connectivity index is 1.89. The van der Waals surface area contributed by atoms with Gasteiger partial charge in [-0.1, -0.05) is 23.2 Å². The van der Waals surface area contributed by atoms with Crippen LogP contribution in [-0.4, -0.2) is 41.7 Å². The Kier molecular flexibility index (Phi) is 6.81. The summed E-state index contributed by atoms with van der Waals surface area (Å²) in [6.07, 6.45) is 0.809. The summed E-state index contributed by atoms with van der Waals surface area (Å²) in [5.41, 5.74) is 0.652. The normalized spacial score (nSPS) is 12.0. The zero-order valence-corrected chi connectivity index (χ0v) is 14.8. The molecule has 0 aliphatic carbocycles. The molecule has 0 radical (unpaired) electrons. The first-order valence-electron chi connectivity index (χ1n) is 7.33. The van der Waals surface area contributed by atoms with Gasteiger partial charge in [0.15, 0.2) is 17.8 Å². The summed E-state index contributed by atoms with van der Waals surface area (Å²) in [5.74, 6) is -0.618. The zero-order chi connectivity index (χ0) is 18.4. The van der Waals surface area contributed by atoms with Crippen LogP contribution in [0.2, 0.25) is 10.0 Å². The molecule has 25 heavy (non-hydrogen) atoms. The van der Waals surface area contributed by atoms with Gasteiger partial charge < -0.3 is 19.6 Å². The Bertz CT molecular complexity index is 763. The van der Waals surface area contributed by atoms with Crippen LogP contribution < -0.4 is 5.32 Å².